The molecule has 1 heterocycles. The van der Waals surface area contributed by atoms with Crippen LogP contribution in [0.15, 0.2) is 35.5 Å². The lowest BCUT2D eigenvalue weighted by Gasteiger charge is -2.13. The average Bonchev–Trinajstić information content (AvgIpc) is 2.42. The third kappa shape index (κ3) is 2.56. The second kappa shape index (κ2) is 5.73. The maximum atomic E-state index is 4.29. The molecule has 0 spiro atoms. The van der Waals surface area contributed by atoms with Crippen LogP contribution in [0, 0.1) is 6.92 Å². The van der Waals surface area contributed by atoms with Crippen molar-refractivity contribution in [3.8, 4) is 0 Å². The van der Waals surface area contributed by atoms with Crippen molar-refractivity contribution in [3.05, 3.63) is 36.2 Å². The highest BCUT2D eigenvalue weighted by Crippen LogP contribution is 2.29. The highest BCUT2D eigenvalue weighted by Gasteiger charge is 2.07. The van der Waals surface area contributed by atoms with E-state index in [0.29, 0.717) is 0 Å². The number of nitrogens with zero attached hydrogens (tertiary/aromatic N) is 2. The van der Waals surface area contributed by atoms with Crippen molar-refractivity contribution in [1.29, 1.82) is 0 Å². The van der Waals surface area contributed by atoms with Gasteiger partial charge in [-0.25, -0.2) is 9.97 Å². The summed E-state index contributed by atoms with van der Waals surface area (Å²) in [6.07, 6.45) is 3.62. The highest BCUT2D eigenvalue weighted by molar-refractivity contribution is 7.98. The Bertz CT molecular complexity index is 542. The molecule has 0 saturated heterocycles. The average molecular weight is 260 g/mol. The first-order chi connectivity index (χ1) is 8.76. The zero-order chi connectivity index (χ0) is 13.0. The van der Waals surface area contributed by atoms with Gasteiger partial charge in [-0.1, -0.05) is 12.1 Å². The van der Waals surface area contributed by atoms with E-state index in [1.54, 1.807) is 18.1 Å². The fraction of sp³-hybridized carbons (Fsp3) is 0.231. The van der Waals surface area contributed by atoms with E-state index < -0.39 is 0 Å². The van der Waals surface area contributed by atoms with Gasteiger partial charge in [0.05, 0.1) is 5.69 Å². The third-order valence-electron chi connectivity index (χ3n) is 2.68. The molecular formula is C13H16N4S. The number of rotatable bonds is 4. The predicted octanol–water partition coefficient (Wildman–Crippen LogP) is 3.29. The summed E-state index contributed by atoms with van der Waals surface area (Å²) in [6, 6.07) is 8.18. The molecule has 94 valence electrons. The Hall–Kier alpha value is -1.75. The summed E-state index contributed by atoms with van der Waals surface area (Å²) in [4.78, 5) is 9.66. The molecule has 0 atom stereocenters. The molecule has 0 fully saturated rings. The number of benzene rings is 1. The quantitative estimate of drug-likeness (QED) is 0.826. The summed E-state index contributed by atoms with van der Waals surface area (Å²) in [6.45, 7) is 2.00. The second-order valence-corrected chi connectivity index (χ2v) is 4.62. The van der Waals surface area contributed by atoms with Gasteiger partial charge in [-0.15, -0.1) is 11.8 Å². The molecule has 0 aliphatic carbocycles. The van der Waals surface area contributed by atoms with Crippen LogP contribution in [-0.4, -0.2) is 23.3 Å². The van der Waals surface area contributed by atoms with Crippen LogP contribution in [0.4, 0.5) is 17.3 Å². The van der Waals surface area contributed by atoms with Gasteiger partial charge in [0.2, 0.25) is 0 Å². The molecule has 4 nitrogen and oxygen atoms in total. The number of nitrogens with one attached hydrogen (secondary N) is 2. The minimum atomic E-state index is 0.829. The van der Waals surface area contributed by atoms with Gasteiger partial charge in [-0.2, -0.15) is 0 Å². The summed E-state index contributed by atoms with van der Waals surface area (Å²) in [5.74, 6) is 1.67. The van der Waals surface area contributed by atoms with Gasteiger partial charge < -0.3 is 10.6 Å². The monoisotopic (exact) mass is 260 g/mol. The molecule has 0 unspecified atom stereocenters. The van der Waals surface area contributed by atoms with Crippen LogP contribution in [0.2, 0.25) is 0 Å². The van der Waals surface area contributed by atoms with Crippen LogP contribution >= 0.6 is 11.8 Å². The smallest absolute Gasteiger partial charge is 0.138 e. The van der Waals surface area contributed by atoms with Gasteiger partial charge in [0.1, 0.15) is 18.0 Å². The minimum Gasteiger partial charge on any atom is -0.373 e. The van der Waals surface area contributed by atoms with Gasteiger partial charge in [-0.05, 0) is 25.3 Å². The maximum Gasteiger partial charge on any atom is 0.138 e. The van der Waals surface area contributed by atoms with Crippen LogP contribution in [0.5, 0.6) is 0 Å². The number of hydrogen-bond donors (Lipinski definition) is 2. The first kappa shape index (κ1) is 12.7. The zero-order valence-electron chi connectivity index (χ0n) is 10.7. The molecule has 1 aromatic heterocycles. The van der Waals surface area contributed by atoms with Crippen molar-refractivity contribution in [2.75, 3.05) is 23.9 Å². The molecular weight excluding hydrogens is 244 g/mol. The van der Waals surface area contributed by atoms with Crippen LogP contribution in [0.3, 0.4) is 0 Å². The van der Waals surface area contributed by atoms with Crippen molar-refractivity contribution in [2.45, 2.75) is 11.8 Å². The fourth-order valence-corrected chi connectivity index (χ4v) is 2.26. The van der Waals surface area contributed by atoms with Gasteiger partial charge in [0, 0.05) is 17.5 Å². The molecule has 0 saturated carbocycles. The second-order valence-electron chi connectivity index (χ2n) is 3.77. The van der Waals surface area contributed by atoms with Crippen molar-refractivity contribution in [3.63, 3.8) is 0 Å². The predicted molar refractivity (Wildman–Crippen MR) is 77.8 cm³/mol. The molecule has 2 aromatic rings. The first-order valence-electron chi connectivity index (χ1n) is 5.65. The molecule has 0 bridgehead atoms. The van der Waals surface area contributed by atoms with Crippen LogP contribution < -0.4 is 10.6 Å². The largest absolute Gasteiger partial charge is 0.373 e. The molecule has 0 aliphatic heterocycles. The summed E-state index contributed by atoms with van der Waals surface area (Å²) < 4.78 is 0. The summed E-state index contributed by atoms with van der Waals surface area (Å²) >= 11 is 1.71. The van der Waals surface area contributed by atoms with E-state index in [4.69, 9.17) is 0 Å². The Morgan fingerprint density at radius 3 is 2.56 bits per heavy atom. The summed E-state index contributed by atoms with van der Waals surface area (Å²) in [7, 11) is 1.86. The van der Waals surface area contributed by atoms with E-state index >= 15 is 0 Å². The van der Waals surface area contributed by atoms with Crippen LogP contribution in [0.1, 0.15) is 5.56 Å². The van der Waals surface area contributed by atoms with E-state index in [-0.39, 0.29) is 0 Å². The summed E-state index contributed by atoms with van der Waals surface area (Å²) in [5, 5.41) is 6.41. The normalized spacial score (nSPS) is 10.2. The number of anilines is 3. The van der Waals surface area contributed by atoms with Crippen molar-refractivity contribution in [1.82, 2.24) is 9.97 Å². The van der Waals surface area contributed by atoms with Crippen LogP contribution in [0.25, 0.3) is 0 Å². The molecule has 0 radical (unpaired) electrons. The van der Waals surface area contributed by atoms with Gasteiger partial charge in [-0.3, -0.25) is 0 Å². The Morgan fingerprint density at radius 1 is 1.11 bits per heavy atom. The highest BCUT2D eigenvalue weighted by atomic mass is 32.2. The number of thioether (sulfide) groups is 1. The van der Waals surface area contributed by atoms with Gasteiger partial charge in [0.25, 0.3) is 0 Å². The minimum absolute atomic E-state index is 0.829. The van der Waals surface area contributed by atoms with E-state index in [1.807, 2.05) is 32.2 Å². The van der Waals surface area contributed by atoms with Crippen molar-refractivity contribution in [2.24, 2.45) is 0 Å². The summed E-state index contributed by atoms with van der Waals surface area (Å²) in [5.41, 5.74) is 2.07. The lowest BCUT2D eigenvalue weighted by molar-refractivity contribution is 1.12. The molecule has 0 amide bonds. The molecule has 18 heavy (non-hydrogen) atoms. The first-order valence-corrected chi connectivity index (χ1v) is 6.88. The number of hydrogen-bond acceptors (Lipinski definition) is 5. The zero-order valence-corrected chi connectivity index (χ0v) is 11.5. The Balaban J connectivity index is 2.34. The van der Waals surface area contributed by atoms with E-state index in [9.17, 15) is 0 Å². The van der Waals surface area contributed by atoms with Crippen LogP contribution in [-0.2, 0) is 0 Å². The van der Waals surface area contributed by atoms with E-state index in [1.165, 1.54) is 4.90 Å². The van der Waals surface area contributed by atoms with Crippen molar-refractivity contribution >= 4 is 29.1 Å². The lowest BCUT2D eigenvalue weighted by Crippen LogP contribution is -2.03. The fourth-order valence-electron chi connectivity index (χ4n) is 1.70. The Morgan fingerprint density at radius 2 is 1.83 bits per heavy atom. The lowest BCUT2D eigenvalue weighted by atomic mass is 10.2. The van der Waals surface area contributed by atoms with E-state index in [2.05, 4.69) is 32.9 Å². The third-order valence-corrected chi connectivity index (χ3v) is 3.48. The number of aromatic nitrogens is 2. The SMILES string of the molecule is CNc1ncnc(Nc2ccccc2SC)c1C. The molecule has 0 aliphatic rings. The maximum absolute atomic E-state index is 4.29. The topological polar surface area (TPSA) is 49.8 Å². The molecule has 1 aromatic carbocycles. The van der Waals surface area contributed by atoms with Crippen molar-refractivity contribution < 1.29 is 0 Å². The number of para-hydroxylation sites is 1. The standard InChI is InChI=1S/C13H16N4S/c1-9-12(14-2)15-8-16-13(9)17-10-6-4-5-7-11(10)18-3/h4-8H,1-3H3,(H2,14,15,16,17). The van der Waals surface area contributed by atoms with Gasteiger partial charge >= 0.3 is 0 Å². The Labute approximate surface area is 111 Å². The van der Waals surface area contributed by atoms with E-state index in [0.717, 1.165) is 22.9 Å². The molecule has 2 N–H and O–H groups in total. The Kier molecular flexibility index (Phi) is 4.04. The van der Waals surface area contributed by atoms with Gasteiger partial charge in [0.15, 0.2) is 0 Å². The molecule has 5 heteroatoms. The molecule has 2 rings (SSSR count).